The molecule has 0 radical (unpaired) electrons. The van der Waals surface area contributed by atoms with Crippen molar-refractivity contribution in [1.82, 2.24) is 0 Å². The van der Waals surface area contributed by atoms with E-state index in [0.717, 1.165) is 31.8 Å². The number of hydrogen-bond acceptors (Lipinski definition) is 2. The number of aldehydes is 2. The number of rotatable bonds is 7. The second-order valence-electron chi connectivity index (χ2n) is 3.55. The van der Waals surface area contributed by atoms with Gasteiger partial charge >= 0.3 is 0 Å². The molecule has 0 saturated carbocycles. The molecule has 2 unspecified atom stereocenters. The molecule has 2 nitrogen and oxygen atoms in total. The van der Waals surface area contributed by atoms with Gasteiger partial charge in [0.2, 0.25) is 0 Å². The molecule has 0 N–H and O–H groups in total. The molecule has 0 saturated heterocycles. The molecule has 0 aliphatic heterocycles. The lowest BCUT2D eigenvalue weighted by atomic mass is 9.98. The molecule has 2 atom stereocenters. The fraction of sp³-hybridized carbons (Fsp3) is 0.800. The van der Waals surface area contributed by atoms with Crippen LogP contribution in [0, 0.1) is 11.8 Å². The average molecular weight is 170 g/mol. The maximum atomic E-state index is 10.3. The van der Waals surface area contributed by atoms with Gasteiger partial charge in [0.05, 0.1) is 0 Å². The number of hydrogen-bond donors (Lipinski definition) is 0. The minimum absolute atomic E-state index is 0.174. The smallest absolute Gasteiger partial charge is 0.122 e. The molecule has 12 heavy (non-hydrogen) atoms. The van der Waals surface area contributed by atoms with Gasteiger partial charge in [-0.15, -0.1) is 0 Å². The Morgan fingerprint density at radius 1 is 1.17 bits per heavy atom. The third kappa shape index (κ3) is 6.08. The van der Waals surface area contributed by atoms with Gasteiger partial charge in [-0.3, -0.25) is 0 Å². The highest BCUT2D eigenvalue weighted by Gasteiger charge is 2.03. The van der Waals surface area contributed by atoms with Crippen LogP contribution in [-0.4, -0.2) is 12.6 Å². The van der Waals surface area contributed by atoms with Crippen LogP contribution in [0.15, 0.2) is 0 Å². The second kappa shape index (κ2) is 7.01. The lowest BCUT2D eigenvalue weighted by Gasteiger charge is -2.07. The number of carbonyl (C=O) groups excluding carboxylic acids is 2. The van der Waals surface area contributed by atoms with Crippen LogP contribution in [-0.2, 0) is 9.59 Å². The van der Waals surface area contributed by atoms with Crippen LogP contribution < -0.4 is 0 Å². The summed E-state index contributed by atoms with van der Waals surface area (Å²) >= 11 is 0. The van der Waals surface area contributed by atoms with E-state index >= 15 is 0 Å². The van der Waals surface area contributed by atoms with E-state index in [2.05, 4.69) is 6.92 Å². The van der Waals surface area contributed by atoms with Crippen molar-refractivity contribution >= 4 is 12.6 Å². The first-order valence-corrected chi connectivity index (χ1v) is 4.59. The quantitative estimate of drug-likeness (QED) is 0.549. The Kier molecular flexibility index (Phi) is 6.63. The zero-order chi connectivity index (χ0) is 9.40. The third-order valence-corrected chi connectivity index (χ3v) is 2.09. The van der Waals surface area contributed by atoms with Crippen LogP contribution >= 0.6 is 0 Å². The summed E-state index contributed by atoms with van der Waals surface area (Å²) < 4.78 is 0. The molecular formula is C10H18O2. The topological polar surface area (TPSA) is 34.1 Å². The molecule has 0 spiro atoms. The Hall–Kier alpha value is -0.660. The summed E-state index contributed by atoms with van der Waals surface area (Å²) in [6.07, 6.45) is 5.66. The molecule has 0 aromatic carbocycles. The molecule has 0 aliphatic carbocycles. The van der Waals surface area contributed by atoms with Crippen molar-refractivity contribution in [2.24, 2.45) is 11.8 Å². The van der Waals surface area contributed by atoms with Crippen molar-refractivity contribution in [3.05, 3.63) is 0 Å². The fourth-order valence-electron chi connectivity index (χ4n) is 1.14. The standard InChI is InChI=1S/C10H18O2/c1-9(6-7-11)4-3-5-10(2)8-12/h7-10H,3-6H2,1-2H3. The zero-order valence-electron chi connectivity index (χ0n) is 7.95. The molecule has 0 bridgehead atoms. The van der Waals surface area contributed by atoms with Gasteiger partial charge < -0.3 is 9.59 Å². The maximum absolute atomic E-state index is 10.3. The van der Waals surface area contributed by atoms with Gasteiger partial charge in [0.25, 0.3) is 0 Å². The SMILES string of the molecule is CC(C=O)CCCC(C)CC=O. The predicted molar refractivity (Wildman–Crippen MR) is 48.9 cm³/mol. The molecule has 0 aromatic heterocycles. The number of carbonyl (C=O) groups is 2. The molecule has 0 rings (SSSR count). The summed E-state index contributed by atoms with van der Waals surface area (Å²) in [5, 5.41) is 0. The second-order valence-corrected chi connectivity index (χ2v) is 3.55. The Morgan fingerprint density at radius 2 is 1.83 bits per heavy atom. The molecule has 0 heterocycles. The van der Waals surface area contributed by atoms with Gasteiger partial charge in [-0.05, 0) is 12.3 Å². The van der Waals surface area contributed by atoms with Crippen LogP contribution in [0.5, 0.6) is 0 Å². The van der Waals surface area contributed by atoms with Crippen molar-refractivity contribution in [2.45, 2.75) is 39.5 Å². The van der Waals surface area contributed by atoms with E-state index < -0.39 is 0 Å². The van der Waals surface area contributed by atoms with Gasteiger partial charge in [-0.25, -0.2) is 0 Å². The third-order valence-electron chi connectivity index (χ3n) is 2.09. The summed E-state index contributed by atoms with van der Waals surface area (Å²) in [5.74, 6) is 0.648. The summed E-state index contributed by atoms with van der Waals surface area (Å²) in [6, 6.07) is 0. The summed E-state index contributed by atoms with van der Waals surface area (Å²) in [6.45, 7) is 4.00. The normalized spacial score (nSPS) is 15.2. The Bertz CT molecular complexity index is 132. The van der Waals surface area contributed by atoms with Crippen molar-refractivity contribution in [3.63, 3.8) is 0 Å². The van der Waals surface area contributed by atoms with E-state index in [1.807, 2.05) is 6.92 Å². The van der Waals surface area contributed by atoms with Crippen LogP contribution in [0.1, 0.15) is 39.5 Å². The average Bonchev–Trinajstić information content (AvgIpc) is 2.04. The molecule has 2 heteroatoms. The zero-order valence-corrected chi connectivity index (χ0v) is 7.95. The fourth-order valence-corrected chi connectivity index (χ4v) is 1.14. The lowest BCUT2D eigenvalue weighted by molar-refractivity contribution is -0.111. The summed E-state index contributed by atoms with van der Waals surface area (Å²) in [5.41, 5.74) is 0. The maximum Gasteiger partial charge on any atom is 0.122 e. The highest BCUT2D eigenvalue weighted by molar-refractivity contribution is 5.52. The largest absolute Gasteiger partial charge is 0.303 e. The van der Waals surface area contributed by atoms with E-state index in [1.54, 1.807) is 0 Å². The Balaban J connectivity index is 3.29. The van der Waals surface area contributed by atoms with Gasteiger partial charge in [0.15, 0.2) is 0 Å². The van der Waals surface area contributed by atoms with Gasteiger partial charge in [-0.2, -0.15) is 0 Å². The lowest BCUT2D eigenvalue weighted by Crippen LogP contribution is -1.99. The summed E-state index contributed by atoms with van der Waals surface area (Å²) in [4.78, 5) is 20.4. The first-order valence-electron chi connectivity index (χ1n) is 4.59. The van der Waals surface area contributed by atoms with Crippen LogP contribution in [0.2, 0.25) is 0 Å². The van der Waals surface area contributed by atoms with E-state index in [9.17, 15) is 9.59 Å². The molecule has 0 amide bonds. The molecule has 0 aliphatic rings. The van der Waals surface area contributed by atoms with E-state index in [1.165, 1.54) is 0 Å². The van der Waals surface area contributed by atoms with Crippen LogP contribution in [0.3, 0.4) is 0 Å². The van der Waals surface area contributed by atoms with Crippen LogP contribution in [0.25, 0.3) is 0 Å². The van der Waals surface area contributed by atoms with Crippen molar-refractivity contribution in [3.8, 4) is 0 Å². The van der Waals surface area contributed by atoms with Crippen molar-refractivity contribution in [2.75, 3.05) is 0 Å². The van der Waals surface area contributed by atoms with Gasteiger partial charge in [0, 0.05) is 12.3 Å². The Morgan fingerprint density at radius 3 is 2.33 bits per heavy atom. The molecule has 0 aromatic rings. The molecule has 70 valence electrons. The first-order chi connectivity index (χ1) is 5.70. The minimum atomic E-state index is 0.174. The van der Waals surface area contributed by atoms with E-state index in [-0.39, 0.29) is 5.92 Å². The Labute approximate surface area is 74.3 Å². The van der Waals surface area contributed by atoms with E-state index in [4.69, 9.17) is 0 Å². The monoisotopic (exact) mass is 170 g/mol. The molecule has 0 fully saturated rings. The van der Waals surface area contributed by atoms with Gasteiger partial charge in [0.1, 0.15) is 12.6 Å². The highest BCUT2D eigenvalue weighted by Crippen LogP contribution is 2.13. The van der Waals surface area contributed by atoms with Crippen LogP contribution in [0.4, 0.5) is 0 Å². The van der Waals surface area contributed by atoms with E-state index in [0.29, 0.717) is 12.3 Å². The van der Waals surface area contributed by atoms with Crippen molar-refractivity contribution in [1.29, 1.82) is 0 Å². The minimum Gasteiger partial charge on any atom is -0.303 e. The molecular weight excluding hydrogens is 152 g/mol. The predicted octanol–water partition coefficient (Wildman–Crippen LogP) is 2.22. The first kappa shape index (κ1) is 11.3. The van der Waals surface area contributed by atoms with Crippen molar-refractivity contribution < 1.29 is 9.59 Å². The van der Waals surface area contributed by atoms with Gasteiger partial charge in [-0.1, -0.05) is 26.7 Å². The highest BCUT2D eigenvalue weighted by atomic mass is 16.1. The summed E-state index contributed by atoms with van der Waals surface area (Å²) in [7, 11) is 0.